The second-order valence-electron chi connectivity index (χ2n) is 13.1. The maximum atomic E-state index is 13.6. The molecule has 0 bridgehead atoms. The summed E-state index contributed by atoms with van der Waals surface area (Å²) in [5, 5.41) is 3.34. The number of amides is 2. The Labute approximate surface area is 312 Å². The molecule has 0 aromatic heterocycles. The summed E-state index contributed by atoms with van der Waals surface area (Å²) in [6.45, 7) is 4.34. The first kappa shape index (κ1) is 42.0. The van der Waals surface area contributed by atoms with Crippen LogP contribution < -0.4 is 16.4 Å². The van der Waals surface area contributed by atoms with Crippen LogP contribution in [0.5, 0.6) is 0 Å². The fraction of sp³-hybridized carbons (Fsp3) is 0.610. The van der Waals surface area contributed by atoms with Crippen molar-refractivity contribution in [3.8, 4) is 0 Å². The Morgan fingerprint density at radius 3 is 1.86 bits per heavy atom. The Morgan fingerprint density at radius 2 is 1.29 bits per heavy atom. The van der Waals surface area contributed by atoms with Crippen molar-refractivity contribution < 1.29 is 30.1 Å². The van der Waals surface area contributed by atoms with Gasteiger partial charge < -0.3 is 25.8 Å². The van der Waals surface area contributed by atoms with Crippen molar-refractivity contribution in [2.45, 2.75) is 140 Å². The van der Waals surface area contributed by atoms with Crippen LogP contribution in [-0.2, 0) is 34.4 Å². The topological polar surface area (TPSA) is 137 Å². The number of rotatable bonds is 29. The van der Waals surface area contributed by atoms with Crippen molar-refractivity contribution in [1.82, 2.24) is 10.6 Å². The van der Waals surface area contributed by atoms with Crippen LogP contribution in [0.2, 0.25) is 1.41 Å². The van der Waals surface area contributed by atoms with Gasteiger partial charge in [0.15, 0.2) is 7.45 Å². The number of nitrogens with one attached hydrogen (secondary N) is 2. The summed E-state index contributed by atoms with van der Waals surface area (Å²) in [5.74, 6) is -1.88. The number of benzene rings is 2. The van der Waals surface area contributed by atoms with E-state index in [1.165, 1.54) is 82.4 Å². The predicted octanol–water partition coefficient (Wildman–Crippen LogP) is 7.96. The molecule has 0 radical (unpaired) electrons. The van der Waals surface area contributed by atoms with Crippen LogP contribution in [0.1, 0.15) is 134 Å². The molecule has 2 amide bonds. The molecule has 9 nitrogen and oxygen atoms in total. The number of ether oxygens (including phenoxy) is 2. The molecule has 51 heavy (non-hydrogen) atoms. The molecule has 2 rings (SSSR count). The van der Waals surface area contributed by atoms with E-state index < -0.39 is 41.9 Å². The molecule has 1 unspecified atom stereocenters. The molecule has 0 aliphatic rings. The van der Waals surface area contributed by atoms with Gasteiger partial charge in [-0.3, -0.25) is 14.4 Å². The van der Waals surface area contributed by atoms with Gasteiger partial charge in [-0.2, -0.15) is 11.8 Å². The van der Waals surface area contributed by atoms with E-state index in [9.17, 15) is 19.2 Å². The van der Waals surface area contributed by atoms with Gasteiger partial charge in [-0.15, -0.1) is 0 Å². The lowest BCUT2D eigenvalue weighted by molar-refractivity contribution is -0.148. The first-order valence-corrected chi connectivity index (χ1v) is 20.3. The van der Waals surface area contributed by atoms with Gasteiger partial charge in [0.25, 0.3) is 0 Å². The number of carbonyl (C=O) groups excluding carboxylic acids is 4. The van der Waals surface area contributed by atoms with E-state index >= 15 is 0 Å². The third-order valence-corrected chi connectivity index (χ3v) is 9.73. The number of thioether (sulfide) groups is 1. The van der Waals surface area contributed by atoms with E-state index in [4.69, 9.17) is 16.6 Å². The molecule has 4 N–H and O–H groups in total. The number of hydrogen-bond donors (Lipinski definition) is 3. The highest BCUT2D eigenvalue weighted by Gasteiger charge is 2.29. The SMILES string of the molecule is [2H]N(C(=O)CC[C@H](N)C(=O)OCCCCCCCCCCCCCCCC)[C@@H](CSCc1ccccc1)C(=O)NC(C(=O)OCC)c1ccccc1. The second-order valence-corrected chi connectivity index (χ2v) is 14.1. The smallest absolute Gasteiger partial charge is 0.333 e. The minimum atomic E-state index is -1.22. The maximum Gasteiger partial charge on any atom is 0.333 e. The highest BCUT2D eigenvalue weighted by molar-refractivity contribution is 7.98. The Hall–Kier alpha value is -3.37. The van der Waals surface area contributed by atoms with E-state index in [2.05, 4.69) is 12.2 Å². The van der Waals surface area contributed by atoms with E-state index in [1.807, 2.05) is 30.3 Å². The zero-order valence-electron chi connectivity index (χ0n) is 32.0. The lowest BCUT2D eigenvalue weighted by Gasteiger charge is -2.23. The van der Waals surface area contributed by atoms with Gasteiger partial charge in [-0.05, 0) is 30.9 Å². The third-order valence-electron chi connectivity index (χ3n) is 8.65. The maximum absolute atomic E-state index is 13.6. The van der Waals surface area contributed by atoms with Crippen LogP contribution in [-0.4, -0.2) is 54.8 Å². The van der Waals surface area contributed by atoms with Crippen molar-refractivity contribution in [3.05, 3.63) is 71.8 Å². The van der Waals surface area contributed by atoms with Crippen LogP contribution in [0, 0.1) is 0 Å². The summed E-state index contributed by atoms with van der Waals surface area (Å²) in [7, 11) is 0. The summed E-state index contributed by atoms with van der Waals surface area (Å²) in [5.41, 5.74) is 7.61. The molecule has 0 aliphatic heterocycles. The predicted molar refractivity (Wildman–Crippen MR) is 207 cm³/mol. The zero-order valence-corrected chi connectivity index (χ0v) is 31.8. The van der Waals surface area contributed by atoms with Gasteiger partial charge in [-0.25, -0.2) is 4.79 Å². The summed E-state index contributed by atoms with van der Waals surface area (Å²) >= 11 is 1.39. The fourth-order valence-electron chi connectivity index (χ4n) is 5.63. The number of unbranched alkanes of at least 4 members (excludes halogenated alkanes) is 13. The van der Waals surface area contributed by atoms with E-state index in [1.54, 1.807) is 37.3 Å². The van der Waals surface area contributed by atoms with Crippen molar-refractivity contribution in [2.24, 2.45) is 5.73 Å². The van der Waals surface area contributed by atoms with E-state index in [0.29, 0.717) is 16.6 Å². The molecule has 0 saturated carbocycles. The quantitative estimate of drug-likeness (QED) is 0.0568. The third kappa shape index (κ3) is 20.3. The minimum Gasteiger partial charge on any atom is -0.465 e. The molecule has 2 aromatic rings. The normalized spacial score (nSPS) is 13.0. The van der Waals surface area contributed by atoms with Crippen molar-refractivity contribution in [3.63, 3.8) is 0 Å². The van der Waals surface area contributed by atoms with Gasteiger partial charge in [0.2, 0.25) is 11.8 Å². The molecular formula is C41H63N3O6S. The van der Waals surface area contributed by atoms with Crippen LogP contribution in [0.25, 0.3) is 0 Å². The van der Waals surface area contributed by atoms with E-state index in [0.717, 1.165) is 24.8 Å². The lowest BCUT2D eigenvalue weighted by Crippen LogP contribution is -2.50. The number of nitrogens with two attached hydrogens (primary N) is 1. The fourth-order valence-corrected chi connectivity index (χ4v) is 6.63. The molecule has 0 aliphatic carbocycles. The summed E-state index contributed by atoms with van der Waals surface area (Å²) in [4.78, 5) is 52.2. The van der Waals surface area contributed by atoms with Crippen LogP contribution in [0.4, 0.5) is 0 Å². The molecule has 0 saturated heterocycles. The first-order valence-electron chi connectivity index (χ1n) is 19.6. The van der Waals surface area contributed by atoms with E-state index in [-0.39, 0.29) is 31.8 Å². The molecule has 3 atom stereocenters. The van der Waals surface area contributed by atoms with Crippen molar-refractivity contribution in [2.75, 3.05) is 19.0 Å². The minimum absolute atomic E-state index is 0.0211. The molecule has 0 spiro atoms. The Kier molecular flexibility index (Phi) is 23.3. The van der Waals surface area contributed by atoms with Gasteiger partial charge in [0.05, 0.1) is 13.2 Å². The van der Waals surface area contributed by atoms with Gasteiger partial charge in [0, 0.05) is 17.9 Å². The highest BCUT2D eigenvalue weighted by Crippen LogP contribution is 2.18. The molecule has 10 heteroatoms. The second kappa shape index (κ2) is 28.2. The average Bonchev–Trinajstić information content (AvgIpc) is 3.16. The Morgan fingerprint density at radius 1 is 0.745 bits per heavy atom. The van der Waals surface area contributed by atoms with Gasteiger partial charge >= 0.3 is 11.9 Å². The summed E-state index contributed by atoms with van der Waals surface area (Å²) in [6, 6.07) is 15.0. The number of hydrogen-bond acceptors (Lipinski definition) is 8. The molecule has 0 heterocycles. The largest absolute Gasteiger partial charge is 0.465 e. The molecule has 284 valence electrons. The zero-order chi connectivity index (χ0) is 37.8. The van der Waals surface area contributed by atoms with Crippen LogP contribution in [0.3, 0.4) is 0 Å². The molecule has 0 fully saturated rings. The van der Waals surface area contributed by atoms with Crippen molar-refractivity contribution in [1.29, 1.82) is 0 Å². The molecular weight excluding hydrogens is 663 g/mol. The van der Waals surface area contributed by atoms with Crippen LogP contribution in [0.15, 0.2) is 60.7 Å². The highest BCUT2D eigenvalue weighted by atomic mass is 32.2. The first-order chi connectivity index (χ1) is 25.3. The van der Waals surface area contributed by atoms with Gasteiger partial charge in [-0.1, -0.05) is 151 Å². The Bertz CT molecular complexity index is 1270. The average molecular weight is 727 g/mol. The number of carbonyl (C=O) groups is 4. The van der Waals surface area contributed by atoms with Crippen LogP contribution >= 0.6 is 11.8 Å². The standard InChI is InChI=1S/C41H63N3O6S/c1-3-5-6-7-8-9-10-11-12-13-14-15-16-23-30-50-40(47)35(42)28-29-37(45)43-36(32-51-31-33-24-19-17-20-25-33)39(46)44-38(41(48)49-4-2)34-26-21-18-22-27-34/h17-22,24-27,35-36,38H,3-16,23,28-32,42H2,1-2H3,(H,43,45)(H,44,46)/t35-,36-,38?/m0/s1/i/hD. The molecule has 2 aromatic carbocycles. The van der Waals surface area contributed by atoms with Crippen molar-refractivity contribution >= 4 is 35.5 Å². The monoisotopic (exact) mass is 726 g/mol. The van der Waals surface area contributed by atoms with Gasteiger partial charge in [0.1, 0.15) is 12.1 Å². The lowest BCUT2D eigenvalue weighted by atomic mass is 10.0. The summed E-state index contributed by atoms with van der Waals surface area (Å²) in [6.07, 6.45) is 17.1. The number of esters is 2. The Balaban J connectivity index is 1.79. The summed E-state index contributed by atoms with van der Waals surface area (Å²) < 4.78 is 19.2.